The predicted molar refractivity (Wildman–Crippen MR) is 150 cm³/mol. The van der Waals surface area contributed by atoms with E-state index in [9.17, 15) is 13.2 Å². The maximum atomic E-state index is 14.1. The molecule has 1 fully saturated rings. The quantitative estimate of drug-likeness (QED) is 0.256. The van der Waals surface area contributed by atoms with Gasteiger partial charge in [0.1, 0.15) is 8.07 Å². The van der Waals surface area contributed by atoms with Gasteiger partial charge in [0.2, 0.25) is 0 Å². The minimum Gasteiger partial charge on any atom is -0.469 e. The molecule has 0 amide bonds. The van der Waals surface area contributed by atoms with E-state index in [1.165, 1.54) is 7.11 Å². The molecule has 6 nitrogen and oxygen atoms in total. The Balaban J connectivity index is 1.59. The number of methoxy groups -OCH3 is 1. The van der Waals surface area contributed by atoms with Crippen molar-refractivity contribution in [3.63, 3.8) is 0 Å². The van der Waals surface area contributed by atoms with Crippen molar-refractivity contribution < 1.29 is 17.9 Å². The van der Waals surface area contributed by atoms with Gasteiger partial charge in [0.05, 0.1) is 23.4 Å². The standard InChI is InChI=1S/C29H36N2O4SSi/c1-20-10-13-22(14-11-20)36(33,34)31-27-9-7-6-8-23(27)24(28(31)37(3,4)5)16-17-30-19-21-12-15-26(30)25(18-21)29(32)35-2/h6-15,21,25-26H,16-19H2,1-5H3/t21-,25+,26+/m0/s1. The van der Waals surface area contributed by atoms with E-state index >= 15 is 0 Å². The van der Waals surface area contributed by atoms with Crippen LogP contribution in [0, 0.1) is 18.8 Å². The molecular weight excluding hydrogens is 500 g/mol. The van der Waals surface area contributed by atoms with Gasteiger partial charge in [-0.25, -0.2) is 12.4 Å². The van der Waals surface area contributed by atoms with Crippen molar-refractivity contribution in [2.75, 3.05) is 20.2 Å². The van der Waals surface area contributed by atoms with Crippen molar-refractivity contribution in [1.29, 1.82) is 0 Å². The Morgan fingerprint density at radius 3 is 2.41 bits per heavy atom. The highest BCUT2D eigenvalue weighted by molar-refractivity contribution is 7.90. The molecule has 37 heavy (non-hydrogen) atoms. The summed E-state index contributed by atoms with van der Waals surface area (Å²) in [4.78, 5) is 15.1. The largest absolute Gasteiger partial charge is 0.469 e. The first-order valence-electron chi connectivity index (χ1n) is 13.0. The van der Waals surface area contributed by atoms with Crippen LogP contribution < -0.4 is 5.32 Å². The number of esters is 1. The number of para-hydroxylation sites is 1. The lowest BCUT2D eigenvalue weighted by Gasteiger charge is -2.45. The number of aromatic nitrogens is 1. The highest BCUT2D eigenvalue weighted by atomic mass is 32.2. The van der Waals surface area contributed by atoms with Crippen molar-refractivity contribution in [3.05, 3.63) is 71.8 Å². The molecule has 2 bridgehead atoms. The van der Waals surface area contributed by atoms with Gasteiger partial charge >= 0.3 is 5.97 Å². The number of carbonyl (C=O) groups excluding carboxylic acids is 1. The lowest BCUT2D eigenvalue weighted by atomic mass is 9.77. The van der Waals surface area contributed by atoms with E-state index in [0.717, 1.165) is 53.3 Å². The van der Waals surface area contributed by atoms with E-state index in [2.05, 4.69) is 42.8 Å². The number of hydrogen-bond donors (Lipinski definition) is 0. The van der Waals surface area contributed by atoms with Crippen molar-refractivity contribution in [3.8, 4) is 0 Å². The van der Waals surface area contributed by atoms with E-state index in [4.69, 9.17) is 4.74 Å². The summed E-state index contributed by atoms with van der Waals surface area (Å²) < 4.78 is 35.0. The molecule has 1 aliphatic carbocycles. The number of carbonyl (C=O) groups is 1. The zero-order chi connectivity index (χ0) is 26.5. The maximum absolute atomic E-state index is 14.1. The topological polar surface area (TPSA) is 68.6 Å². The minimum atomic E-state index is -3.78. The van der Waals surface area contributed by atoms with Gasteiger partial charge in [0.15, 0.2) is 0 Å². The monoisotopic (exact) mass is 536 g/mol. The van der Waals surface area contributed by atoms with Crippen molar-refractivity contribution in [2.24, 2.45) is 11.8 Å². The number of rotatable bonds is 7. The van der Waals surface area contributed by atoms with Gasteiger partial charge in [0, 0.05) is 29.8 Å². The molecule has 0 unspecified atom stereocenters. The number of hydrogen-bond acceptors (Lipinski definition) is 5. The molecule has 1 saturated heterocycles. The third-order valence-electron chi connectivity index (χ3n) is 7.80. The van der Waals surface area contributed by atoms with Gasteiger partial charge in [-0.15, -0.1) is 0 Å². The number of fused-ring (bicyclic) bond motifs is 3. The van der Waals surface area contributed by atoms with Crippen LogP contribution >= 0.6 is 0 Å². The fourth-order valence-electron chi connectivity index (χ4n) is 6.12. The molecule has 0 radical (unpaired) electrons. The lowest BCUT2D eigenvalue weighted by molar-refractivity contribution is -0.150. The zero-order valence-electron chi connectivity index (χ0n) is 22.3. The Morgan fingerprint density at radius 2 is 1.76 bits per heavy atom. The molecule has 0 N–H and O–H groups in total. The van der Waals surface area contributed by atoms with Gasteiger partial charge in [-0.05, 0) is 49.4 Å². The predicted octanol–water partition coefficient (Wildman–Crippen LogP) is 4.32. The second-order valence-corrected chi connectivity index (χ2v) is 18.2. The van der Waals surface area contributed by atoms with Crippen LogP contribution in [0.15, 0.2) is 65.6 Å². The van der Waals surface area contributed by atoms with Crippen LogP contribution in [0.5, 0.6) is 0 Å². The molecule has 196 valence electrons. The van der Waals surface area contributed by atoms with Crippen LogP contribution in [-0.4, -0.2) is 57.6 Å². The van der Waals surface area contributed by atoms with E-state index < -0.39 is 18.1 Å². The van der Waals surface area contributed by atoms with E-state index in [1.54, 1.807) is 16.1 Å². The number of aryl methyl sites for hydroxylation is 1. The van der Waals surface area contributed by atoms with Gasteiger partial charge in [0.25, 0.3) is 10.0 Å². The Morgan fingerprint density at radius 1 is 1.05 bits per heavy atom. The molecule has 0 spiro atoms. The first kappa shape index (κ1) is 25.9. The fourth-order valence-corrected chi connectivity index (χ4v) is 10.7. The summed E-state index contributed by atoms with van der Waals surface area (Å²) in [5.41, 5.74) is 2.88. The number of benzene rings is 2. The van der Waals surface area contributed by atoms with Crippen LogP contribution in [0.4, 0.5) is 0 Å². The molecule has 8 heteroatoms. The SMILES string of the molecule is COC(=O)[C@@H]1C[C@@H]2C=C[C@H]1N(CCc1c([Si](C)(C)C)n(S(=O)(=O)c3ccc(C)cc3)c3ccccc13)C2. The van der Waals surface area contributed by atoms with Gasteiger partial charge < -0.3 is 4.74 Å². The fraction of sp³-hybridized carbons (Fsp3) is 0.414. The van der Waals surface area contributed by atoms with E-state index in [1.807, 2.05) is 37.3 Å². The smallest absolute Gasteiger partial charge is 0.310 e. The van der Waals surface area contributed by atoms with Crippen molar-refractivity contribution in [2.45, 2.75) is 50.3 Å². The molecule has 2 aromatic carbocycles. The Hall–Kier alpha value is -2.68. The van der Waals surface area contributed by atoms with Crippen LogP contribution in [0.2, 0.25) is 19.6 Å². The molecule has 1 aromatic heterocycles. The number of nitrogens with zero attached hydrogens (tertiary/aromatic N) is 2. The van der Waals surface area contributed by atoms with Gasteiger partial charge in [-0.1, -0.05) is 67.7 Å². The minimum absolute atomic E-state index is 0.0254. The third-order valence-corrected chi connectivity index (χ3v) is 11.6. The molecule has 3 atom stereocenters. The van der Waals surface area contributed by atoms with Crippen LogP contribution in [-0.2, 0) is 26.0 Å². The van der Waals surface area contributed by atoms with Crippen LogP contribution in [0.1, 0.15) is 17.5 Å². The summed E-state index contributed by atoms with van der Waals surface area (Å²) in [5.74, 6) is 0.0509. The summed E-state index contributed by atoms with van der Waals surface area (Å²) in [6, 6.07) is 15.0. The first-order chi connectivity index (χ1) is 17.5. The molecule has 6 rings (SSSR count). The Kier molecular flexibility index (Phi) is 6.71. The summed E-state index contributed by atoms with van der Waals surface area (Å²) in [6.45, 7) is 10.3. The Labute approximate surface area is 221 Å². The number of ether oxygens (including phenoxy) is 1. The average molecular weight is 537 g/mol. The average Bonchev–Trinajstić information content (AvgIpc) is 3.23. The van der Waals surface area contributed by atoms with Crippen molar-refractivity contribution in [1.82, 2.24) is 8.87 Å². The second-order valence-electron chi connectivity index (χ2n) is 11.4. The summed E-state index contributed by atoms with van der Waals surface area (Å²) in [5, 5.41) is 1.95. The molecule has 3 aromatic rings. The second kappa shape index (κ2) is 9.56. The van der Waals surface area contributed by atoms with Crippen molar-refractivity contribution >= 4 is 40.3 Å². The summed E-state index contributed by atoms with van der Waals surface area (Å²) in [7, 11) is -4.45. The van der Waals surface area contributed by atoms with Gasteiger partial charge in [-0.3, -0.25) is 9.69 Å². The molecule has 3 aliphatic rings. The normalized spacial score (nSPS) is 22.0. The Bertz CT molecular complexity index is 1470. The molecule has 0 saturated carbocycles. The highest BCUT2D eigenvalue weighted by Crippen LogP contribution is 2.36. The molecule has 2 aliphatic heterocycles. The lowest BCUT2D eigenvalue weighted by Crippen LogP contribution is -2.53. The third kappa shape index (κ3) is 4.60. The van der Waals surface area contributed by atoms with Gasteiger partial charge in [-0.2, -0.15) is 0 Å². The highest BCUT2D eigenvalue weighted by Gasteiger charge is 2.42. The van der Waals surface area contributed by atoms with Crippen LogP contribution in [0.3, 0.4) is 0 Å². The van der Waals surface area contributed by atoms with E-state index in [-0.39, 0.29) is 17.9 Å². The zero-order valence-corrected chi connectivity index (χ0v) is 24.1. The van der Waals surface area contributed by atoms with Crippen LogP contribution in [0.25, 0.3) is 10.9 Å². The first-order valence-corrected chi connectivity index (χ1v) is 17.9. The molecular formula is C29H36N2O4SSi. The summed E-state index contributed by atoms with van der Waals surface area (Å²) in [6.07, 6.45) is 5.94. The maximum Gasteiger partial charge on any atom is 0.310 e. The van der Waals surface area contributed by atoms with E-state index in [0.29, 0.717) is 10.8 Å². The summed E-state index contributed by atoms with van der Waals surface area (Å²) >= 11 is 0. The molecule has 3 heterocycles. The number of piperidine rings is 1.